The maximum absolute atomic E-state index is 12.2. The molecule has 178 valence electrons. The van der Waals surface area contributed by atoms with Gasteiger partial charge < -0.3 is 24.4 Å². The van der Waals surface area contributed by atoms with E-state index in [1.807, 2.05) is 56.0 Å². The standard InChI is InChI=1S/C24H37N3O5/c1-24(2,3)32-23(29)27-11-9-19(10-12-27)16-26-13-14-30-21(17-26)15-25-22(28)31-18-20-7-5-4-6-8-20/h4-8,19,21H,9-18H2,1-3H3,(H,25,28)/t21-/m0/s1. The number of hydrogen-bond acceptors (Lipinski definition) is 6. The molecule has 1 aromatic rings. The number of carbonyl (C=O) groups is 2. The molecule has 0 unspecified atom stereocenters. The van der Waals surface area contributed by atoms with Crippen LogP contribution in [0.15, 0.2) is 30.3 Å². The summed E-state index contributed by atoms with van der Waals surface area (Å²) in [4.78, 5) is 28.4. The number of carbonyl (C=O) groups excluding carboxylic acids is 2. The Morgan fingerprint density at radius 1 is 1.12 bits per heavy atom. The van der Waals surface area contributed by atoms with Gasteiger partial charge in [0.25, 0.3) is 0 Å². The number of piperidine rings is 1. The first-order valence-electron chi connectivity index (χ1n) is 11.5. The molecule has 2 aliphatic rings. The van der Waals surface area contributed by atoms with Crippen LogP contribution in [0.3, 0.4) is 0 Å². The molecule has 0 aliphatic carbocycles. The molecule has 3 rings (SSSR count). The highest BCUT2D eigenvalue weighted by molar-refractivity contribution is 5.68. The second-order valence-corrected chi connectivity index (χ2v) is 9.61. The molecule has 2 amide bonds. The Hall–Kier alpha value is -2.32. The summed E-state index contributed by atoms with van der Waals surface area (Å²) in [6, 6.07) is 9.62. The maximum Gasteiger partial charge on any atom is 0.410 e. The molecule has 32 heavy (non-hydrogen) atoms. The predicted octanol–water partition coefficient (Wildman–Crippen LogP) is 3.26. The predicted molar refractivity (Wildman–Crippen MR) is 121 cm³/mol. The molecule has 2 fully saturated rings. The second kappa shape index (κ2) is 11.5. The van der Waals surface area contributed by atoms with Crippen molar-refractivity contribution in [2.45, 2.75) is 51.9 Å². The third-order valence-corrected chi connectivity index (χ3v) is 5.69. The maximum atomic E-state index is 12.2. The summed E-state index contributed by atoms with van der Waals surface area (Å²) in [7, 11) is 0. The Bertz CT molecular complexity index is 729. The highest BCUT2D eigenvalue weighted by Crippen LogP contribution is 2.21. The minimum atomic E-state index is -0.460. The van der Waals surface area contributed by atoms with Crippen molar-refractivity contribution >= 4 is 12.2 Å². The first kappa shape index (κ1) is 24.3. The van der Waals surface area contributed by atoms with Gasteiger partial charge in [-0.1, -0.05) is 30.3 Å². The molecule has 8 heteroatoms. The zero-order chi connectivity index (χ0) is 23.0. The largest absolute Gasteiger partial charge is 0.445 e. The molecule has 1 aromatic carbocycles. The van der Waals surface area contributed by atoms with E-state index in [4.69, 9.17) is 14.2 Å². The van der Waals surface area contributed by atoms with Gasteiger partial charge in [0, 0.05) is 39.3 Å². The minimum absolute atomic E-state index is 0.0464. The Balaban J connectivity index is 1.33. The average molecular weight is 448 g/mol. The molecule has 8 nitrogen and oxygen atoms in total. The van der Waals surface area contributed by atoms with Crippen molar-refractivity contribution in [3.8, 4) is 0 Å². The number of ether oxygens (including phenoxy) is 3. The van der Waals surface area contributed by atoms with Crippen LogP contribution in [0, 0.1) is 5.92 Å². The zero-order valence-corrected chi connectivity index (χ0v) is 19.5. The molecule has 1 atom stereocenters. The summed E-state index contributed by atoms with van der Waals surface area (Å²) in [5, 5.41) is 2.81. The Labute approximate surface area is 191 Å². The molecule has 2 saturated heterocycles. The number of nitrogens with zero attached hydrogens (tertiary/aromatic N) is 2. The number of nitrogens with one attached hydrogen (secondary N) is 1. The topological polar surface area (TPSA) is 80.3 Å². The van der Waals surface area contributed by atoms with E-state index in [1.165, 1.54) is 0 Å². The fraction of sp³-hybridized carbons (Fsp3) is 0.667. The van der Waals surface area contributed by atoms with Crippen molar-refractivity contribution < 1.29 is 23.8 Å². The molecular weight excluding hydrogens is 410 g/mol. The van der Waals surface area contributed by atoms with Crippen molar-refractivity contribution in [2.24, 2.45) is 5.92 Å². The number of morpholine rings is 1. The van der Waals surface area contributed by atoms with Gasteiger partial charge in [-0.25, -0.2) is 9.59 Å². The molecule has 0 saturated carbocycles. The van der Waals surface area contributed by atoms with Gasteiger partial charge in [0.1, 0.15) is 12.2 Å². The summed E-state index contributed by atoms with van der Waals surface area (Å²) in [6.07, 6.45) is 1.27. The van der Waals surface area contributed by atoms with Crippen LogP contribution in [0.1, 0.15) is 39.2 Å². The third-order valence-electron chi connectivity index (χ3n) is 5.69. The molecule has 2 heterocycles. The van der Waals surface area contributed by atoms with Gasteiger partial charge in [0.2, 0.25) is 0 Å². The number of amides is 2. The van der Waals surface area contributed by atoms with Crippen molar-refractivity contribution in [3.05, 3.63) is 35.9 Å². The van der Waals surface area contributed by atoms with E-state index < -0.39 is 11.7 Å². The molecule has 0 aromatic heterocycles. The summed E-state index contributed by atoms with van der Waals surface area (Å²) in [5.74, 6) is 0.552. The molecule has 2 aliphatic heterocycles. The van der Waals surface area contributed by atoms with Gasteiger partial charge >= 0.3 is 12.2 Å². The van der Waals surface area contributed by atoms with Crippen molar-refractivity contribution in [2.75, 3.05) is 45.9 Å². The van der Waals surface area contributed by atoms with Crippen LogP contribution in [-0.2, 0) is 20.8 Å². The number of benzene rings is 1. The number of likely N-dealkylation sites (tertiary alicyclic amines) is 1. The lowest BCUT2D eigenvalue weighted by molar-refractivity contribution is -0.0347. The fourth-order valence-electron chi connectivity index (χ4n) is 4.03. The lowest BCUT2D eigenvalue weighted by atomic mass is 9.96. The van der Waals surface area contributed by atoms with E-state index in [-0.39, 0.29) is 18.8 Å². The SMILES string of the molecule is CC(C)(C)OC(=O)N1CCC(CN2CCO[C@@H](CNC(=O)OCc3ccccc3)C2)CC1. The van der Waals surface area contributed by atoms with Crippen LogP contribution in [-0.4, -0.2) is 79.6 Å². The number of hydrogen-bond donors (Lipinski definition) is 1. The van der Waals surface area contributed by atoms with Crippen LogP contribution in [0.2, 0.25) is 0 Å². The average Bonchev–Trinajstić information content (AvgIpc) is 2.76. The van der Waals surface area contributed by atoms with Gasteiger partial charge in [-0.05, 0) is 45.1 Å². The molecular formula is C24H37N3O5. The van der Waals surface area contributed by atoms with Gasteiger partial charge in [0.05, 0.1) is 12.7 Å². The van der Waals surface area contributed by atoms with Crippen LogP contribution in [0.25, 0.3) is 0 Å². The quantitative estimate of drug-likeness (QED) is 0.721. The number of rotatable bonds is 6. The van der Waals surface area contributed by atoms with Gasteiger partial charge in [-0.2, -0.15) is 0 Å². The van der Waals surface area contributed by atoms with E-state index >= 15 is 0 Å². The van der Waals surface area contributed by atoms with Crippen LogP contribution in [0.4, 0.5) is 9.59 Å². The highest BCUT2D eigenvalue weighted by Gasteiger charge is 2.29. The van der Waals surface area contributed by atoms with Gasteiger partial charge in [-0.15, -0.1) is 0 Å². The van der Waals surface area contributed by atoms with Crippen molar-refractivity contribution in [1.82, 2.24) is 15.1 Å². The lowest BCUT2D eigenvalue weighted by Gasteiger charge is -2.38. The van der Waals surface area contributed by atoms with Crippen LogP contribution < -0.4 is 5.32 Å². The summed E-state index contributed by atoms with van der Waals surface area (Å²) in [5.41, 5.74) is 0.499. The van der Waals surface area contributed by atoms with Crippen LogP contribution in [0.5, 0.6) is 0 Å². The van der Waals surface area contributed by atoms with E-state index in [0.717, 1.165) is 51.1 Å². The minimum Gasteiger partial charge on any atom is -0.445 e. The molecule has 0 radical (unpaired) electrons. The van der Waals surface area contributed by atoms with Gasteiger partial charge in [-0.3, -0.25) is 4.90 Å². The highest BCUT2D eigenvalue weighted by atomic mass is 16.6. The summed E-state index contributed by atoms with van der Waals surface area (Å²) >= 11 is 0. The van der Waals surface area contributed by atoms with E-state index in [0.29, 0.717) is 19.1 Å². The Kier molecular flexibility index (Phi) is 8.75. The van der Waals surface area contributed by atoms with E-state index in [2.05, 4.69) is 10.2 Å². The monoisotopic (exact) mass is 447 g/mol. The Morgan fingerprint density at radius 3 is 2.53 bits per heavy atom. The Morgan fingerprint density at radius 2 is 1.84 bits per heavy atom. The van der Waals surface area contributed by atoms with Gasteiger partial charge in [0.15, 0.2) is 0 Å². The van der Waals surface area contributed by atoms with E-state index in [1.54, 1.807) is 0 Å². The smallest absolute Gasteiger partial charge is 0.410 e. The lowest BCUT2D eigenvalue weighted by Crippen LogP contribution is -2.50. The zero-order valence-electron chi connectivity index (χ0n) is 19.5. The third kappa shape index (κ3) is 8.31. The molecule has 0 bridgehead atoms. The number of alkyl carbamates (subject to hydrolysis) is 1. The van der Waals surface area contributed by atoms with E-state index in [9.17, 15) is 9.59 Å². The molecule has 0 spiro atoms. The normalized spacial score (nSPS) is 20.6. The molecule has 1 N–H and O–H groups in total. The van der Waals surface area contributed by atoms with Crippen molar-refractivity contribution in [1.29, 1.82) is 0 Å². The second-order valence-electron chi connectivity index (χ2n) is 9.61. The summed E-state index contributed by atoms with van der Waals surface area (Å²) in [6.45, 7) is 11.2. The first-order valence-corrected chi connectivity index (χ1v) is 11.5. The first-order chi connectivity index (χ1) is 15.3. The van der Waals surface area contributed by atoms with Crippen molar-refractivity contribution in [3.63, 3.8) is 0 Å². The fourth-order valence-corrected chi connectivity index (χ4v) is 4.03. The summed E-state index contributed by atoms with van der Waals surface area (Å²) < 4.78 is 16.6. The van der Waals surface area contributed by atoms with Crippen LogP contribution >= 0.6 is 0 Å².